The quantitative estimate of drug-likeness (QED) is 0.788. The number of sulfonamides is 1. The maximum absolute atomic E-state index is 12.9. The number of nitrogens with zero attached hydrogens (tertiary/aromatic N) is 2. The summed E-state index contributed by atoms with van der Waals surface area (Å²) in [6.07, 6.45) is 0.786. The number of fused-ring (bicyclic) bond motifs is 1. The van der Waals surface area contributed by atoms with E-state index in [1.54, 1.807) is 19.1 Å². The van der Waals surface area contributed by atoms with Crippen LogP contribution in [0.2, 0.25) is 0 Å². The molecule has 0 saturated carbocycles. The Labute approximate surface area is 172 Å². The number of amidine groups is 1. The van der Waals surface area contributed by atoms with Crippen LogP contribution in [0.3, 0.4) is 0 Å². The monoisotopic (exact) mass is 413 g/mol. The standard InChI is InChI=1S/C22H27N3O3S/c1-6-17-9-7-8-15(4)21(17)23-22(26)18-10-11-19-20(12-18)29(27,28)24-16(5)25(19)13-14(2)3/h7-12,14H,6,13H2,1-5H3,(H,23,26). The van der Waals surface area contributed by atoms with E-state index in [1.807, 2.05) is 36.9 Å². The molecule has 3 rings (SSSR count). The molecule has 1 aliphatic rings. The van der Waals surface area contributed by atoms with Crippen molar-refractivity contribution in [2.75, 3.05) is 16.8 Å². The Morgan fingerprint density at radius 3 is 2.55 bits per heavy atom. The summed E-state index contributed by atoms with van der Waals surface area (Å²) in [5.41, 5.74) is 3.62. The normalized spacial score (nSPS) is 15.1. The molecule has 0 bridgehead atoms. The van der Waals surface area contributed by atoms with Gasteiger partial charge in [-0.25, -0.2) is 0 Å². The minimum atomic E-state index is -3.84. The van der Waals surface area contributed by atoms with Crippen LogP contribution >= 0.6 is 0 Å². The lowest BCUT2D eigenvalue weighted by Gasteiger charge is -2.31. The van der Waals surface area contributed by atoms with E-state index in [9.17, 15) is 13.2 Å². The van der Waals surface area contributed by atoms with E-state index in [0.29, 0.717) is 24.0 Å². The molecule has 7 heteroatoms. The molecule has 0 radical (unpaired) electrons. The fourth-order valence-corrected chi connectivity index (χ4v) is 4.78. The highest BCUT2D eigenvalue weighted by Crippen LogP contribution is 2.33. The van der Waals surface area contributed by atoms with E-state index in [2.05, 4.69) is 23.6 Å². The van der Waals surface area contributed by atoms with E-state index in [1.165, 1.54) is 6.07 Å². The fourth-order valence-electron chi connectivity index (χ4n) is 3.51. The molecule has 1 heterocycles. The molecule has 6 nitrogen and oxygen atoms in total. The summed E-state index contributed by atoms with van der Waals surface area (Å²) in [7, 11) is -3.84. The van der Waals surface area contributed by atoms with Gasteiger partial charge < -0.3 is 10.2 Å². The van der Waals surface area contributed by atoms with Crippen molar-refractivity contribution in [1.29, 1.82) is 0 Å². The zero-order valence-electron chi connectivity index (χ0n) is 17.5. The van der Waals surface area contributed by atoms with Gasteiger partial charge in [0.2, 0.25) is 0 Å². The van der Waals surface area contributed by atoms with Crippen LogP contribution in [0.4, 0.5) is 11.4 Å². The first-order chi connectivity index (χ1) is 13.6. The lowest BCUT2D eigenvalue weighted by Crippen LogP contribution is -2.36. The Morgan fingerprint density at radius 2 is 1.90 bits per heavy atom. The van der Waals surface area contributed by atoms with E-state index in [-0.39, 0.29) is 16.4 Å². The molecule has 0 fully saturated rings. The van der Waals surface area contributed by atoms with E-state index in [0.717, 1.165) is 23.2 Å². The van der Waals surface area contributed by atoms with Gasteiger partial charge in [0.15, 0.2) is 0 Å². The largest absolute Gasteiger partial charge is 0.328 e. The highest BCUT2D eigenvalue weighted by Gasteiger charge is 2.30. The Balaban J connectivity index is 2.00. The van der Waals surface area contributed by atoms with E-state index in [4.69, 9.17) is 0 Å². The van der Waals surface area contributed by atoms with Crippen LogP contribution in [0.1, 0.15) is 49.2 Å². The number of nitrogens with one attached hydrogen (secondary N) is 1. The van der Waals surface area contributed by atoms with Gasteiger partial charge in [0.1, 0.15) is 10.7 Å². The molecule has 2 aromatic carbocycles. The predicted octanol–water partition coefficient (Wildman–Crippen LogP) is 4.39. The summed E-state index contributed by atoms with van der Waals surface area (Å²) in [5.74, 6) is 0.426. The second kappa shape index (κ2) is 7.99. The summed E-state index contributed by atoms with van der Waals surface area (Å²) < 4.78 is 29.2. The Kier molecular flexibility index (Phi) is 5.80. The van der Waals surface area contributed by atoms with E-state index >= 15 is 0 Å². The molecule has 154 valence electrons. The third-order valence-electron chi connectivity index (χ3n) is 4.96. The smallest absolute Gasteiger partial charge is 0.286 e. The number of rotatable bonds is 5. The minimum Gasteiger partial charge on any atom is -0.328 e. The average molecular weight is 414 g/mol. The van der Waals surface area contributed by atoms with Gasteiger partial charge in [-0.1, -0.05) is 39.0 Å². The lowest BCUT2D eigenvalue weighted by atomic mass is 10.1. The molecule has 0 spiro atoms. The zero-order valence-corrected chi connectivity index (χ0v) is 18.3. The molecule has 29 heavy (non-hydrogen) atoms. The van der Waals surface area contributed by atoms with Crippen LogP contribution in [0.15, 0.2) is 45.7 Å². The first-order valence-corrected chi connectivity index (χ1v) is 11.2. The second-order valence-electron chi connectivity index (χ2n) is 7.72. The molecule has 0 aromatic heterocycles. The van der Waals surface area contributed by atoms with Crippen LogP contribution in [0.5, 0.6) is 0 Å². The molecule has 1 N–H and O–H groups in total. The number of anilines is 2. The number of carbonyl (C=O) groups excluding carboxylic acids is 1. The first kappa shape index (κ1) is 21.0. The maximum Gasteiger partial charge on any atom is 0.286 e. The van der Waals surface area contributed by atoms with Gasteiger partial charge in [0, 0.05) is 17.8 Å². The Morgan fingerprint density at radius 1 is 1.17 bits per heavy atom. The van der Waals surface area contributed by atoms with Gasteiger partial charge in [0.05, 0.1) is 5.69 Å². The third kappa shape index (κ3) is 4.19. The summed E-state index contributed by atoms with van der Waals surface area (Å²) in [6, 6.07) is 10.7. The number of aryl methyl sites for hydroxylation is 2. The van der Waals surface area contributed by atoms with Gasteiger partial charge in [-0.2, -0.15) is 8.42 Å². The van der Waals surface area contributed by atoms with Gasteiger partial charge in [-0.05, 0) is 55.5 Å². The number of para-hydroxylation sites is 1. The molecular weight excluding hydrogens is 386 g/mol. The lowest BCUT2D eigenvalue weighted by molar-refractivity contribution is 0.102. The number of amides is 1. The van der Waals surface area contributed by atoms with Crippen LogP contribution in [-0.2, 0) is 16.4 Å². The highest BCUT2D eigenvalue weighted by molar-refractivity contribution is 7.90. The molecular formula is C22H27N3O3S. The van der Waals surface area contributed by atoms with Crippen LogP contribution in [0.25, 0.3) is 0 Å². The summed E-state index contributed by atoms with van der Waals surface area (Å²) in [4.78, 5) is 14.9. The minimum absolute atomic E-state index is 0.0666. The summed E-state index contributed by atoms with van der Waals surface area (Å²) in [5, 5.41) is 2.95. The van der Waals surface area contributed by atoms with Gasteiger partial charge in [0.25, 0.3) is 15.9 Å². The van der Waals surface area contributed by atoms with Crippen molar-refractivity contribution in [3.05, 3.63) is 53.1 Å². The molecule has 0 saturated heterocycles. The summed E-state index contributed by atoms with van der Waals surface area (Å²) in [6.45, 7) is 10.4. The predicted molar refractivity (Wildman–Crippen MR) is 117 cm³/mol. The van der Waals surface area contributed by atoms with Gasteiger partial charge >= 0.3 is 0 Å². The Bertz CT molecular complexity index is 1090. The first-order valence-electron chi connectivity index (χ1n) is 9.77. The van der Waals surface area contributed by atoms with Gasteiger partial charge in [-0.15, -0.1) is 4.40 Å². The van der Waals surface area contributed by atoms with Crippen molar-refractivity contribution in [1.82, 2.24) is 0 Å². The molecule has 1 aliphatic heterocycles. The topological polar surface area (TPSA) is 78.8 Å². The van der Waals surface area contributed by atoms with Crippen LogP contribution in [0, 0.1) is 12.8 Å². The number of benzene rings is 2. The van der Waals surface area contributed by atoms with Crippen molar-refractivity contribution >= 4 is 33.1 Å². The van der Waals surface area contributed by atoms with Crippen molar-refractivity contribution in [2.24, 2.45) is 10.3 Å². The molecule has 0 unspecified atom stereocenters. The van der Waals surface area contributed by atoms with Gasteiger partial charge in [-0.3, -0.25) is 4.79 Å². The average Bonchev–Trinajstić information content (AvgIpc) is 2.65. The highest BCUT2D eigenvalue weighted by atomic mass is 32.2. The number of hydrogen-bond donors (Lipinski definition) is 1. The molecule has 0 atom stereocenters. The van der Waals surface area contributed by atoms with Crippen molar-refractivity contribution in [2.45, 2.75) is 45.9 Å². The Hall–Kier alpha value is -2.67. The molecule has 2 aromatic rings. The zero-order chi connectivity index (χ0) is 21.3. The van der Waals surface area contributed by atoms with Crippen molar-refractivity contribution < 1.29 is 13.2 Å². The number of carbonyl (C=O) groups is 1. The summed E-state index contributed by atoms with van der Waals surface area (Å²) >= 11 is 0. The molecule has 0 aliphatic carbocycles. The van der Waals surface area contributed by atoms with Crippen molar-refractivity contribution in [3.63, 3.8) is 0 Å². The van der Waals surface area contributed by atoms with Crippen LogP contribution < -0.4 is 10.2 Å². The van der Waals surface area contributed by atoms with Crippen molar-refractivity contribution in [3.8, 4) is 0 Å². The fraction of sp³-hybridized carbons (Fsp3) is 0.364. The van der Waals surface area contributed by atoms with Crippen LogP contribution in [-0.4, -0.2) is 26.7 Å². The maximum atomic E-state index is 12.9. The third-order valence-corrected chi connectivity index (χ3v) is 6.35. The second-order valence-corrected chi connectivity index (χ2v) is 9.29. The SMILES string of the molecule is CCc1cccc(C)c1NC(=O)c1ccc2c(c1)S(=O)(=O)N=C(C)N2CC(C)C. The number of hydrogen-bond acceptors (Lipinski definition) is 4. The van der Waals surface area contributed by atoms with E-state index < -0.39 is 10.0 Å². The molecule has 1 amide bonds.